The van der Waals surface area contributed by atoms with E-state index in [2.05, 4.69) is 36.7 Å². The molecular weight excluding hydrogens is 496 g/mol. The fourth-order valence-electron chi connectivity index (χ4n) is 4.08. The van der Waals surface area contributed by atoms with Gasteiger partial charge in [0, 0.05) is 55.9 Å². The first-order valence-electron chi connectivity index (χ1n) is 11.7. The van der Waals surface area contributed by atoms with Gasteiger partial charge >= 0.3 is 5.97 Å². The van der Waals surface area contributed by atoms with E-state index in [9.17, 15) is 23.1 Å². The molecule has 3 N–H and O–H groups in total. The number of nitrogens with zero attached hydrogens (tertiary/aromatic N) is 4. The van der Waals surface area contributed by atoms with Crippen molar-refractivity contribution in [2.75, 3.05) is 36.0 Å². The number of anilines is 2. The molecule has 1 fully saturated rings. The zero-order valence-electron chi connectivity index (χ0n) is 20.2. The van der Waals surface area contributed by atoms with Gasteiger partial charge in [-0.25, -0.2) is 18.4 Å². The number of hydrogen-bond donors (Lipinski definition) is 3. The number of aromatic nitrogens is 2. The summed E-state index contributed by atoms with van der Waals surface area (Å²) in [5.74, 6) is -1.20. The third kappa shape index (κ3) is 6.40. The highest BCUT2D eigenvalue weighted by Crippen LogP contribution is 2.22. The molecule has 2 heterocycles. The maximum absolute atomic E-state index is 12.6. The van der Waals surface area contributed by atoms with Crippen molar-refractivity contribution in [3.63, 3.8) is 0 Å². The molecule has 3 aromatic rings. The van der Waals surface area contributed by atoms with Crippen LogP contribution < -0.4 is 19.8 Å². The average Bonchev–Trinajstić information content (AvgIpc) is 2.91. The summed E-state index contributed by atoms with van der Waals surface area (Å²) in [6.45, 7) is 3.96. The van der Waals surface area contributed by atoms with Gasteiger partial charge in [-0.1, -0.05) is 18.2 Å². The molecule has 2 atom stereocenters. The highest BCUT2D eigenvalue weighted by molar-refractivity contribution is 7.89. The molecular formula is C25H28N6O5S. The Morgan fingerprint density at radius 2 is 1.70 bits per heavy atom. The Balaban J connectivity index is 1.34. The molecule has 1 aliphatic heterocycles. The van der Waals surface area contributed by atoms with Gasteiger partial charge in [0.1, 0.15) is 6.04 Å². The number of nitrogens with one attached hydrogen (secondary N) is 2. The van der Waals surface area contributed by atoms with Crippen molar-refractivity contribution in [1.82, 2.24) is 20.0 Å². The van der Waals surface area contributed by atoms with Crippen LogP contribution in [0.5, 0.6) is 0 Å². The molecule has 2 aromatic carbocycles. The summed E-state index contributed by atoms with van der Waals surface area (Å²) in [4.78, 5) is 37.2. The largest absolute Gasteiger partial charge is 0.480 e. The highest BCUT2D eigenvalue weighted by Gasteiger charge is 2.27. The number of carboxylic acid groups (broad SMARTS) is 1. The smallest absolute Gasteiger partial charge is 0.323 e. The van der Waals surface area contributed by atoms with Crippen molar-refractivity contribution in [1.29, 1.82) is 0 Å². The summed E-state index contributed by atoms with van der Waals surface area (Å²) < 4.78 is 27.1. The topological polar surface area (TPSA) is 145 Å². The quantitative estimate of drug-likeness (QED) is 0.378. The summed E-state index contributed by atoms with van der Waals surface area (Å²) in [6.07, 6.45) is 3.45. The lowest BCUT2D eigenvalue weighted by molar-refractivity contribution is -0.138. The van der Waals surface area contributed by atoms with Gasteiger partial charge in [0.25, 0.3) is 5.91 Å². The molecule has 12 heteroatoms. The number of benzene rings is 2. The number of carbonyl (C=O) groups excluding carboxylic acids is 1. The van der Waals surface area contributed by atoms with E-state index in [1.54, 1.807) is 36.7 Å². The van der Waals surface area contributed by atoms with Crippen molar-refractivity contribution in [2.45, 2.75) is 23.9 Å². The van der Waals surface area contributed by atoms with Crippen LogP contribution in [0, 0.1) is 0 Å². The van der Waals surface area contributed by atoms with Crippen molar-refractivity contribution in [3.8, 4) is 0 Å². The minimum atomic E-state index is -4.06. The Morgan fingerprint density at radius 3 is 2.32 bits per heavy atom. The predicted molar refractivity (Wildman–Crippen MR) is 138 cm³/mol. The summed E-state index contributed by atoms with van der Waals surface area (Å²) >= 11 is 0. The van der Waals surface area contributed by atoms with E-state index in [1.807, 2.05) is 12.1 Å². The van der Waals surface area contributed by atoms with E-state index >= 15 is 0 Å². The first-order valence-corrected chi connectivity index (χ1v) is 13.2. The number of amides is 1. The third-order valence-corrected chi connectivity index (χ3v) is 7.53. The molecule has 4 rings (SSSR count). The van der Waals surface area contributed by atoms with Gasteiger partial charge in [-0.05, 0) is 49.4 Å². The van der Waals surface area contributed by atoms with Crippen LogP contribution in [0.1, 0.15) is 17.3 Å². The van der Waals surface area contributed by atoms with Crippen LogP contribution in [0.4, 0.5) is 11.6 Å². The fourth-order valence-corrected chi connectivity index (χ4v) is 5.29. The van der Waals surface area contributed by atoms with Gasteiger partial charge in [-0.3, -0.25) is 9.59 Å². The number of sulfonamides is 1. The zero-order chi connectivity index (χ0) is 26.4. The Morgan fingerprint density at radius 1 is 1.03 bits per heavy atom. The molecule has 37 heavy (non-hydrogen) atoms. The molecule has 0 bridgehead atoms. The maximum Gasteiger partial charge on any atom is 0.323 e. The number of carboxylic acids is 1. The SMILES string of the molecule is C[C@H]1CN(c2ccc(C(=O)NC[C@H](NS(=O)(=O)c3ccccc3)C(=O)O)cc2)CCN1c1ncccn1. The van der Waals surface area contributed by atoms with E-state index in [0.29, 0.717) is 11.5 Å². The fraction of sp³-hybridized carbons (Fsp3) is 0.280. The molecule has 0 aliphatic carbocycles. The summed E-state index contributed by atoms with van der Waals surface area (Å²) in [7, 11) is -4.06. The van der Waals surface area contributed by atoms with Gasteiger partial charge in [-0.2, -0.15) is 4.72 Å². The highest BCUT2D eigenvalue weighted by atomic mass is 32.2. The first-order chi connectivity index (χ1) is 17.7. The number of piperazine rings is 1. The number of hydrogen-bond acceptors (Lipinski definition) is 8. The van der Waals surface area contributed by atoms with Crippen LogP contribution in [0.25, 0.3) is 0 Å². The Hall–Kier alpha value is -4.03. The number of aliphatic carboxylic acids is 1. The molecule has 1 aromatic heterocycles. The molecule has 0 unspecified atom stereocenters. The van der Waals surface area contributed by atoms with Crippen LogP contribution in [-0.2, 0) is 14.8 Å². The van der Waals surface area contributed by atoms with Crippen LogP contribution in [-0.4, -0.2) is 73.6 Å². The van der Waals surface area contributed by atoms with E-state index in [-0.39, 0.29) is 10.9 Å². The van der Waals surface area contributed by atoms with Gasteiger partial charge in [0.05, 0.1) is 4.90 Å². The van der Waals surface area contributed by atoms with E-state index in [0.717, 1.165) is 25.3 Å². The molecule has 0 spiro atoms. The second-order valence-electron chi connectivity index (χ2n) is 8.62. The lowest BCUT2D eigenvalue weighted by Crippen LogP contribution is -2.52. The van der Waals surface area contributed by atoms with Crippen molar-refractivity contribution < 1.29 is 23.1 Å². The average molecular weight is 525 g/mol. The lowest BCUT2D eigenvalue weighted by atomic mass is 10.1. The first kappa shape index (κ1) is 26.0. The molecule has 1 amide bonds. The molecule has 194 valence electrons. The van der Waals surface area contributed by atoms with Crippen LogP contribution in [0.15, 0.2) is 78.0 Å². The lowest BCUT2D eigenvalue weighted by Gasteiger charge is -2.41. The van der Waals surface area contributed by atoms with Gasteiger partial charge in [0.2, 0.25) is 16.0 Å². The Labute approximate surface area is 215 Å². The van der Waals surface area contributed by atoms with Crippen molar-refractivity contribution >= 4 is 33.5 Å². The van der Waals surface area contributed by atoms with E-state index < -0.39 is 34.5 Å². The molecule has 0 radical (unpaired) electrons. The minimum absolute atomic E-state index is 0.0605. The Bertz CT molecular complexity index is 1320. The van der Waals surface area contributed by atoms with Crippen LogP contribution >= 0.6 is 0 Å². The van der Waals surface area contributed by atoms with Crippen molar-refractivity contribution in [3.05, 3.63) is 78.6 Å². The van der Waals surface area contributed by atoms with Gasteiger partial charge in [-0.15, -0.1) is 0 Å². The molecule has 1 saturated heterocycles. The molecule has 11 nitrogen and oxygen atoms in total. The molecule has 0 saturated carbocycles. The monoisotopic (exact) mass is 524 g/mol. The van der Waals surface area contributed by atoms with Crippen LogP contribution in [0.2, 0.25) is 0 Å². The number of rotatable bonds is 9. The van der Waals surface area contributed by atoms with Gasteiger partial charge < -0.3 is 20.2 Å². The standard InChI is InChI=1S/C25H28N6O5S/c1-18-17-30(14-15-31(18)25-26-12-5-13-27-25)20-10-8-19(9-11-20)23(32)28-16-22(24(33)34)29-37(35,36)21-6-3-2-4-7-21/h2-13,18,22,29H,14-17H2,1H3,(H,28,32)(H,33,34)/t18-,22-/m0/s1. The van der Waals surface area contributed by atoms with Crippen LogP contribution in [0.3, 0.4) is 0 Å². The zero-order valence-corrected chi connectivity index (χ0v) is 21.0. The summed E-state index contributed by atoms with van der Waals surface area (Å²) in [6, 6.07) is 14.9. The predicted octanol–water partition coefficient (Wildman–Crippen LogP) is 1.35. The summed E-state index contributed by atoms with van der Waals surface area (Å²) in [5.41, 5.74) is 1.29. The van der Waals surface area contributed by atoms with Crippen molar-refractivity contribution in [2.24, 2.45) is 0 Å². The van der Waals surface area contributed by atoms with E-state index in [4.69, 9.17) is 0 Å². The second kappa shape index (κ2) is 11.4. The normalized spacial score (nSPS) is 16.7. The van der Waals surface area contributed by atoms with E-state index in [1.165, 1.54) is 24.3 Å². The molecule has 1 aliphatic rings. The Kier molecular flexibility index (Phi) is 7.99. The number of carbonyl (C=O) groups is 2. The second-order valence-corrected chi connectivity index (χ2v) is 10.3. The van der Waals surface area contributed by atoms with Gasteiger partial charge in [0.15, 0.2) is 0 Å². The summed E-state index contributed by atoms with van der Waals surface area (Å²) in [5, 5.41) is 12.0. The maximum atomic E-state index is 12.6. The minimum Gasteiger partial charge on any atom is -0.480 e. The third-order valence-electron chi connectivity index (χ3n) is 6.05.